The average molecular weight is 362 g/mol. The Bertz CT molecular complexity index is 448. The van der Waals surface area contributed by atoms with Crippen molar-refractivity contribution in [3.8, 4) is 0 Å². The molecule has 1 aromatic carbocycles. The van der Waals surface area contributed by atoms with Crippen LogP contribution in [-0.4, -0.2) is 43.0 Å². The number of hydrogen-bond donors (Lipinski definition) is 1. The Morgan fingerprint density at radius 2 is 1.83 bits per heavy atom. The van der Waals surface area contributed by atoms with Gasteiger partial charge in [0.1, 0.15) is 0 Å². The maximum Gasteiger partial charge on any atom is 0.222 e. The molecule has 2 rings (SSSR count). The number of nitrogens with two attached hydrogens (primary N) is 1. The molecule has 1 aliphatic heterocycles. The van der Waals surface area contributed by atoms with Crippen LogP contribution < -0.4 is 10.6 Å². The van der Waals surface area contributed by atoms with Gasteiger partial charge in [-0.05, 0) is 38.3 Å². The van der Waals surface area contributed by atoms with Crippen LogP contribution in [0.4, 0.5) is 5.69 Å². The predicted octanol–water partition coefficient (Wildman–Crippen LogP) is 3.08. The van der Waals surface area contributed by atoms with Gasteiger partial charge in [-0.3, -0.25) is 4.79 Å². The summed E-state index contributed by atoms with van der Waals surface area (Å²) in [6.07, 6.45) is 3.43. The smallest absolute Gasteiger partial charge is 0.222 e. The number of amides is 1. The number of carbonyl (C=O) groups excluding carboxylic acids is 1. The molecule has 2 N–H and O–H groups in total. The van der Waals surface area contributed by atoms with E-state index < -0.39 is 0 Å². The van der Waals surface area contributed by atoms with E-state index in [1.807, 2.05) is 17.9 Å². The van der Waals surface area contributed by atoms with Crippen LogP contribution in [0.3, 0.4) is 0 Å². The third-order valence-electron chi connectivity index (χ3n) is 4.34. The van der Waals surface area contributed by atoms with Crippen LogP contribution in [0.25, 0.3) is 0 Å². The van der Waals surface area contributed by atoms with Crippen LogP contribution in [0.15, 0.2) is 30.3 Å². The fraction of sp³-hybridized carbons (Fsp3) is 0.588. The molecule has 132 valence electrons. The van der Waals surface area contributed by atoms with E-state index in [-0.39, 0.29) is 36.8 Å². The number of piperidine rings is 1. The summed E-state index contributed by atoms with van der Waals surface area (Å²) in [6.45, 7) is 3.67. The summed E-state index contributed by atoms with van der Waals surface area (Å²) in [4.78, 5) is 16.4. The van der Waals surface area contributed by atoms with Gasteiger partial charge >= 0.3 is 0 Å². The molecule has 6 heteroatoms. The number of rotatable bonds is 5. The van der Waals surface area contributed by atoms with Gasteiger partial charge < -0.3 is 15.5 Å². The summed E-state index contributed by atoms with van der Waals surface area (Å²) in [5.74, 6) is 0.258. The average Bonchev–Trinajstić information content (AvgIpc) is 2.53. The molecule has 0 bridgehead atoms. The topological polar surface area (TPSA) is 49.6 Å². The highest BCUT2D eigenvalue weighted by molar-refractivity contribution is 5.85. The molecular formula is C17H29Cl2N3O. The lowest BCUT2D eigenvalue weighted by Gasteiger charge is -2.38. The van der Waals surface area contributed by atoms with Crippen LogP contribution >= 0.6 is 24.8 Å². The van der Waals surface area contributed by atoms with Gasteiger partial charge in [-0.25, -0.2) is 0 Å². The highest BCUT2D eigenvalue weighted by atomic mass is 35.5. The van der Waals surface area contributed by atoms with Crippen molar-refractivity contribution < 1.29 is 4.79 Å². The number of halogens is 2. The molecule has 1 aromatic rings. The quantitative estimate of drug-likeness (QED) is 0.876. The van der Waals surface area contributed by atoms with E-state index in [1.165, 1.54) is 5.69 Å². The third kappa shape index (κ3) is 6.58. The minimum Gasteiger partial charge on any atom is -0.371 e. The monoisotopic (exact) mass is 361 g/mol. The molecule has 0 aromatic heterocycles. The van der Waals surface area contributed by atoms with Gasteiger partial charge in [-0.15, -0.1) is 24.8 Å². The number of hydrogen-bond acceptors (Lipinski definition) is 3. The second kappa shape index (κ2) is 10.7. The standard InChI is InChI=1S/C17H27N3O.2ClH/c1-14(18)8-9-17(21)20-12-10-16(11-13-20)19(2)15-6-4-3-5-7-15;;/h3-7,14,16H,8-13,18H2,1-2H3;2*1H. The molecule has 4 nitrogen and oxygen atoms in total. The normalized spacial score (nSPS) is 16.0. The van der Waals surface area contributed by atoms with Crippen molar-refractivity contribution in [2.24, 2.45) is 5.73 Å². The highest BCUT2D eigenvalue weighted by Crippen LogP contribution is 2.22. The van der Waals surface area contributed by atoms with E-state index in [2.05, 4.69) is 36.2 Å². The van der Waals surface area contributed by atoms with E-state index in [0.717, 1.165) is 32.4 Å². The first-order valence-electron chi connectivity index (χ1n) is 7.89. The largest absolute Gasteiger partial charge is 0.371 e. The van der Waals surface area contributed by atoms with Crippen LogP contribution in [0.1, 0.15) is 32.6 Å². The van der Waals surface area contributed by atoms with Crippen molar-refractivity contribution in [1.29, 1.82) is 0 Å². The minimum atomic E-state index is 0. The Morgan fingerprint density at radius 3 is 2.35 bits per heavy atom. The van der Waals surface area contributed by atoms with Gasteiger partial charge in [0, 0.05) is 44.3 Å². The summed E-state index contributed by atoms with van der Waals surface area (Å²) in [7, 11) is 2.15. The summed E-state index contributed by atoms with van der Waals surface area (Å²) in [5.41, 5.74) is 6.97. The molecule has 0 radical (unpaired) electrons. The van der Waals surface area contributed by atoms with Crippen molar-refractivity contribution in [3.63, 3.8) is 0 Å². The number of carbonyl (C=O) groups is 1. The Morgan fingerprint density at radius 1 is 1.26 bits per heavy atom. The van der Waals surface area contributed by atoms with Gasteiger partial charge in [0.2, 0.25) is 5.91 Å². The van der Waals surface area contributed by atoms with E-state index in [1.54, 1.807) is 0 Å². The van der Waals surface area contributed by atoms with Gasteiger partial charge in [0.25, 0.3) is 0 Å². The first kappa shape index (κ1) is 22.0. The lowest BCUT2D eigenvalue weighted by molar-refractivity contribution is -0.132. The van der Waals surface area contributed by atoms with Gasteiger partial charge in [0.15, 0.2) is 0 Å². The predicted molar refractivity (Wildman–Crippen MR) is 102 cm³/mol. The van der Waals surface area contributed by atoms with Crippen LogP contribution in [-0.2, 0) is 4.79 Å². The lowest BCUT2D eigenvalue weighted by atomic mass is 10.0. The molecule has 1 amide bonds. The first-order chi connectivity index (χ1) is 10.1. The zero-order chi connectivity index (χ0) is 15.2. The maximum absolute atomic E-state index is 12.1. The molecule has 1 aliphatic rings. The molecule has 0 saturated carbocycles. The van der Waals surface area contributed by atoms with Crippen molar-refractivity contribution in [2.45, 2.75) is 44.7 Å². The number of anilines is 1. The zero-order valence-corrected chi connectivity index (χ0v) is 15.6. The molecule has 1 atom stereocenters. The first-order valence-corrected chi connectivity index (χ1v) is 7.89. The Kier molecular flexibility index (Phi) is 10.3. The second-order valence-electron chi connectivity index (χ2n) is 6.07. The highest BCUT2D eigenvalue weighted by Gasteiger charge is 2.25. The van der Waals surface area contributed by atoms with Crippen molar-refractivity contribution in [2.75, 3.05) is 25.0 Å². The van der Waals surface area contributed by atoms with E-state index in [0.29, 0.717) is 12.5 Å². The fourth-order valence-corrected chi connectivity index (χ4v) is 2.89. The summed E-state index contributed by atoms with van der Waals surface area (Å²) >= 11 is 0. The van der Waals surface area contributed by atoms with Crippen LogP contribution in [0, 0.1) is 0 Å². The van der Waals surface area contributed by atoms with Crippen molar-refractivity contribution in [1.82, 2.24) is 4.90 Å². The Hall–Kier alpha value is -0.970. The minimum absolute atomic E-state index is 0. The number of nitrogens with zero attached hydrogens (tertiary/aromatic N) is 2. The zero-order valence-electron chi connectivity index (χ0n) is 14.0. The summed E-state index contributed by atoms with van der Waals surface area (Å²) in [5, 5.41) is 0. The Labute approximate surface area is 152 Å². The molecular weight excluding hydrogens is 333 g/mol. The lowest BCUT2D eigenvalue weighted by Crippen LogP contribution is -2.45. The second-order valence-corrected chi connectivity index (χ2v) is 6.07. The fourth-order valence-electron chi connectivity index (χ4n) is 2.89. The number of para-hydroxylation sites is 1. The van der Waals surface area contributed by atoms with E-state index >= 15 is 0 Å². The molecule has 1 saturated heterocycles. The Balaban J connectivity index is 0.00000242. The van der Waals surface area contributed by atoms with Gasteiger partial charge in [-0.2, -0.15) is 0 Å². The molecule has 23 heavy (non-hydrogen) atoms. The number of benzene rings is 1. The van der Waals surface area contributed by atoms with Gasteiger partial charge in [-0.1, -0.05) is 18.2 Å². The summed E-state index contributed by atoms with van der Waals surface area (Å²) < 4.78 is 0. The third-order valence-corrected chi connectivity index (χ3v) is 4.34. The van der Waals surface area contributed by atoms with E-state index in [9.17, 15) is 4.79 Å². The maximum atomic E-state index is 12.1. The van der Waals surface area contributed by atoms with Crippen molar-refractivity contribution >= 4 is 36.4 Å². The van der Waals surface area contributed by atoms with Gasteiger partial charge in [0.05, 0.1) is 0 Å². The molecule has 1 unspecified atom stereocenters. The van der Waals surface area contributed by atoms with E-state index in [4.69, 9.17) is 5.73 Å². The van der Waals surface area contributed by atoms with Crippen molar-refractivity contribution in [3.05, 3.63) is 30.3 Å². The molecule has 1 heterocycles. The molecule has 1 fully saturated rings. The number of likely N-dealkylation sites (tertiary alicyclic amines) is 1. The van der Waals surface area contributed by atoms with Crippen LogP contribution in [0.5, 0.6) is 0 Å². The summed E-state index contributed by atoms with van der Waals surface area (Å²) in [6, 6.07) is 11.1. The molecule has 0 aliphatic carbocycles. The SMILES string of the molecule is CC(N)CCC(=O)N1CCC(N(C)c2ccccc2)CC1.Cl.Cl. The molecule has 0 spiro atoms. The van der Waals surface area contributed by atoms with Crippen LogP contribution in [0.2, 0.25) is 0 Å².